The van der Waals surface area contributed by atoms with Crippen LogP contribution in [0, 0.1) is 0 Å². The van der Waals surface area contributed by atoms with Gasteiger partial charge in [-0.3, -0.25) is 0 Å². The Kier molecular flexibility index (Phi) is 6.57. The molecular weight excluding hydrogens is 428 g/mol. The third kappa shape index (κ3) is 4.32. The molecule has 1 fully saturated rings. The predicted octanol–water partition coefficient (Wildman–Crippen LogP) is 1.23. The lowest BCUT2D eigenvalue weighted by Gasteiger charge is -2.40. The average molecular weight is 453 g/mol. The van der Waals surface area contributed by atoms with Crippen molar-refractivity contribution in [2.75, 3.05) is 26.9 Å². The molecule has 0 amide bonds. The van der Waals surface area contributed by atoms with E-state index in [1.165, 1.54) is 7.11 Å². The Hall–Kier alpha value is -2.07. The van der Waals surface area contributed by atoms with Crippen LogP contribution in [0.3, 0.4) is 0 Å². The number of halogens is 1. The molecule has 9 heteroatoms. The van der Waals surface area contributed by atoms with E-state index in [9.17, 15) is 20.4 Å². The molecule has 2 aliphatic rings. The van der Waals surface area contributed by atoms with Crippen molar-refractivity contribution < 1.29 is 39.4 Å². The maximum atomic E-state index is 10.5. The third-order valence-electron chi connectivity index (χ3n) is 5.60. The quantitative estimate of drug-likeness (QED) is 0.535. The molecule has 8 nitrogen and oxygen atoms in total. The lowest BCUT2D eigenvalue weighted by Crippen LogP contribution is -2.55. The van der Waals surface area contributed by atoms with Gasteiger partial charge in [-0.05, 0) is 41.8 Å². The lowest BCUT2D eigenvalue weighted by atomic mass is 9.89. The molecule has 5 atom stereocenters. The molecule has 2 aliphatic heterocycles. The zero-order chi connectivity index (χ0) is 22.1. The van der Waals surface area contributed by atoms with Crippen LogP contribution < -0.4 is 14.2 Å². The molecule has 168 valence electrons. The number of aliphatic hydroxyl groups excluding tert-OH is 4. The molecule has 0 aromatic heterocycles. The predicted molar refractivity (Wildman–Crippen MR) is 111 cm³/mol. The molecule has 31 heavy (non-hydrogen) atoms. The normalized spacial score (nSPS) is 27.7. The van der Waals surface area contributed by atoms with Crippen LogP contribution in [0.1, 0.15) is 22.8 Å². The molecule has 0 bridgehead atoms. The van der Waals surface area contributed by atoms with E-state index in [-0.39, 0.29) is 0 Å². The summed E-state index contributed by atoms with van der Waals surface area (Å²) in [5.41, 5.74) is 2.14. The second-order valence-corrected chi connectivity index (χ2v) is 8.00. The molecule has 4 N–H and O–H groups in total. The van der Waals surface area contributed by atoms with Gasteiger partial charge in [0, 0.05) is 10.6 Å². The van der Waals surface area contributed by atoms with Gasteiger partial charge in [0.25, 0.3) is 0 Å². The topological polar surface area (TPSA) is 118 Å². The number of hydrogen-bond donors (Lipinski definition) is 4. The summed E-state index contributed by atoms with van der Waals surface area (Å²) in [4.78, 5) is 0. The van der Waals surface area contributed by atoms with Gasteiger partial charge in [0.05, 0.1) is 13.7 Å². The minimum Gasteiger partial charge on any atom is -0.496 e. The minimum absolute atomic E-state index is 0.361. The van der Waals surface area contributed by atoms with Crippen molar-refractivity contribution in [1.82, 2.24) is 0 Å². The van der Waals surface area contributed by atoms with Gasteiger partial charge in [0.15, 0.2) is 11.5 Å². The number of ether oxygens (including phenoxy) is 4. The molecule has 4 rings (SSSR count). The molecule has 0 radical (unpaired) electrons. The van der Waals surface area contributed by atoms with Crippen LogP contribution in [0.2, 0.25) is 5.02 Å². The van der Waals surface area contributed by atoms with Gasteiger partial charge in [-0.15, -0.1) is 0 Å². The number of benzene rings is 2. The van der Waals surface area contributed by atoms with Crippen molar-refractivity contribution in [3.63, 3.8) is 0 Å². The summed E-state index contributed by atoms with van der Waals surface area (Å²) in [5.74, 6) is 1.72. The summed E-state index contributed by atoms with van der Waals surface area (Å²) in [6.07, 6.45) is -5.93. The van der Waals surface area contributed by atoms with Gasteiger partial charge < -0.3 is 39.4 Å². The van der Waals surface area contributed by atoms with Crippen molar-refractivity contribution >= 4 is 11.6 Å². The van der Waals surface area contributed by atoms with Gasteiger partial charge in [-0.1, -0.05) is 17.7 Å². The van der Waals surface area contributed by atoms with E-state index in [1.807, 2.05) is 18.2 Å². The molecule has 0 aliphatic carbocycles. The number of aliphatic hydroxyl groups is 4. The fourth-order valence-corrected chi connectivity index (χ4v) is 4.15. The Morgan fingerprint density at radius 1 is 1.00 bits per heavy atom. The zero-order valence-electron chi connectivity index (χ0n) is 16.9. The monoisotopic (exact) mass is 452 g/mol. The van der Waals surface area contributed by atoms with Gasteiger partial charge in [-0.2, -0.15) is 0 Å². The molecule has 2 heterocycles. The Morgan fingerprint density at radius 2 is 1.74 bits per heavy atom. The smallest absolute Gasteiger partial charge is 0.161 e. The van der Waals surface area contributed by atoms with E-state index in [0.29, 0.717) is 47.5 Å². The maximum absolute atomic E-state index is 10.5. The van der Waals surface area contributed by atoms with Crippen LogP contribution >= 0.6 is 11.6 Å². The average Bonchev–Trinajstić information content (AvgIpc) is 2.79. The first kappa shape index (κ1) is 22.1. The molecular formula is C22H25ClO8. The first-order valence-electron chi connectivity index (χ1n) is 9.98. The van der Waals surface area contributed by atoms with E-state index in [1.54, 1.807) is 12.1 Å². The number of hydrogen-bond acceptors (Lipinski definition) is 8. The SMILES string of the molecule is COc1cc(Cl)c(Cc2ccc3c(c2)OCCO3)cc1C1OC(CO)C(O)C(O)C1O. The largest absolute Gasteiger partial charge is 0.496 e. The van der Waals surface area contributed by atoms with Crippen molar-refractivity contribution in [2.45, 2.75) is 36.9 Å². The van der Waals surface area contributed by atoms with Crippen molar-refractivity contribution in [3.8, 4) is 17.2 Å². The van der Waals surface area contributed by atoms with Crippen LogP contribution in [0.4, 0.5) is 0 Å². The Labute approximate surface area is 184 Å². The standard InChI is InChI=1S/C22H25ClO8/c1-28-16-9-14(23)12(6-11-2-3-15-17(7-11)30-5-4-29-15)8-13(16)22-21(27)20(26)19(25)18(10-24)31-22/h2-3,7-9,18-22,24-27H,4-6,10H2,1H3. The summed E-state index contributed by atoms with van der Waals surface area (Å²) in [7, 11) is 1.46. The summed E-state index contributed by atoms with van der Waals surface area (Å²) < 4.78 is 22.3. The van der Waals surface area contributed by atoms with Crippen molar-refractivity contribution in [2.24, 2.45) is 0 Å². The van der Waals surface area contributed by atoms with Gasteiger partial charge in [0.2, 0.25) is 0 Å². The van der Waals surface area contributed by atoms with Crippen LogP contribution in [0.25, 0.3) is 0 Å². The molecule has 2 aromatic rings. The van der Waals surface area contributed by atoms with E-state index in [4.69, 9.17) is 30.5 Å². The number of rotatable bonds is 5. The first-order chi connectivity index (χ1) is 14.9. The fraction of sp³-hybridized carbons (Fsp3) is 0.455. The molecule has 0 saturated carbocycles. The number of methoxy groups -OCH3 is 1. The molecule has 5 unspecified atom stereocenters. The van der Waals surface area contributed by atoms with Crippen LogP contribution in [-0.2, 0) is 11.2 Å². The Bertz CT molecular complexity index is 934. The second kappa shape index (κ2) is 9.20. The minimum atomic E-state index is -1.49. The van der Waals surface area contributed by atoms with E-state index in [0.717, 1.165) is 11.1 Å². The highest BCUT2D eigenvalue weighted by molar-refractivity contribution is 6.31. The third-order valence-corrected chi connectivity index (χ3v) is 5.95. The van der Waals surface area contributed by atoms with E-state index >= 15 is 0 Å². The number of fused-ring (bicyclic) bond motifs is 1. The van der Waals surface area contributed by atoms with Crippen molar-refractivity contribution in [1.29, 1.82) is 0 Å². The first-order valence-corrected chi connectivity index (χ1v) is 10.4. The summed E-state index contributed by atoms with van der Waals surface area (Å²) in [6.45, 7) is 0.488. The van der Waals surface area contributed by atoms with Crippen LogP contribution in [0.15, 0.2) is 30.3 Å². The van der Waals surface area contributed by atoms with Gasteiger partial charge in [-0.25, -0.2) is 0 Å². The van der Waals surface area contributed by atoms with Gasteiger partial charge >= 0.3 is 0 Å². The lowest BCUT2D eigenvalue weighted by molar-refractivity contribution is -0.232. The Balaban J connectivity index is 1.67. The zero-order valence-corrected chi connectivity index (χ0v) is 17.7. The molecule has 1 saturated heterocycles. The fourth-order valence-electron chi connectivity index (χ4n) is 3.93. The second-order valence-electron chi connectivity index (χ2n) is 7.59. The van der Waals surface area contributed by atoms with Crippen LogP contribution in [0.5, 0.6) is 17.2 Å². The van der Waals surface area contributed by atoms with Gasteiger partial charge in [0.1, 0.15) is 49.5 Å². The highest BCUT2D eigenvalue weighted by atomic mass is 35.5. The highest BCUT2D eigenvalue weighted by Gasteiger charge is 2.45. The Morgan fingerprint density at radius 3 is 2.45 bits per heavy atom. The van der Waals surface area contributed by atoms with Crippen molar-refractivity contribution in [3.05, 3.63) is 52.0 Å². The molecule has 0 spiro atoms. The van der Waals surface area contributed by atoms with E-state index in [2.05, 4.69) is 0 Å². The highest BCUT2D eigenvalue weighted by Crippen LogP contribution is 2.40. The van der Waals surface area contributed by atoms with E-state index < -0.39 is 37.1 Å². The summed E-state index contributed by atoms with van der Waals surface area (Å²) in [5, 5.41) is 40.7. The van der Waals surface area contributed by atoms with Crippen LogP contribution in [-0.4, -0.2) is 71.8 Å². The maximum Gasteiger partial charge on any atom is 0.161 e. The molecule has 2 aromatic carbocycles. The summed E-state index contributed by atoms with van der Waals surface area (Å²) in [6, 6.07) is 9.01. The summed E-state index contributed by atoms with van der Waals surface area (Å²) >= 11 is 6.49.